The highest BCUT2D eigenvalue weighted by Gasteiger charge is 2.31. The number of aliphatic hydroxyl groups excluding tert-OH is 1. The third kappa shape index (κ3) is 4.12. The lowest BCUT2D eigenvalue weighted by molar-refractivity contribution is 0.205. The first-order valence-electron chi connectivity index (χ1n) is 13.2. The number of benzene rings is 2. The standard InChI is InChI=1S/C32H33N3O2/c1-20(2)34(18-22-9-5-4-6-10-22)16-15-23-24-11-7-8-12-28(24)33-30-27(23)19-35-29(30)17-26-25(32(35)37)14-13-21(3)31(26)36/h4-12,17,20,31,36H,3,13-16,18-19H2,1-2H3. The summed E-state index contributed by atoms with van der Waals surface area (Å²) in [6.07, 6.45) is 1.36. The monoisotopic (exact) mass is 491 g/mol. The van der Waals surface area contributed by atoms with Gasteiger partial charge in [0.05, 0.1) is 23.4 Å². The molecule has 4 aromatic rings. The van der Waals surface area contributed by atoms with Gasteiger partial charge in [-0.3, -0.25) is 9.69 Å². The normalized spacial score (nSPS) is 16.4. The van der Waals surface area contributed by atoms with Gasteiger partial charge in [-0.25, -0.2) is 4.98 Å². The lowest BCUT2D eigenvalue weighted by Crippen LogP contribution is -2.32. The first-order valence-corrected chi connectivity index (χ1v) is 13.2. The lowest BCUT2D eigenvalue weighted by Gasteiger charge is -2.27. The fourth-order valence-corrected chi connectivity index (χ4v) is 5.94. The van der Waals surface area contributed by atoms with Gasteiger partial charge in [0.15, 0.2) is 0 Å². The maximum absolute atomic E-state index is 13.6. The Balaban J connectivity index is 1.42. The van der Waals surface area contributed by atoms with Gasteiger partial charge >= 0.3 is 0 Å². The highest BCUT2D eigenvalue weighted by Crippen LogP contribution is 2.39. The Bertz CT molecular complexity index is 1570. The summed E-state index contributed by atoms with van der Waals surface area (Å²) in [6, 6.07) is 21.3. The molecule has 2 aromatic carbocycles. The van der Waals surface area contributed by atoms with E-state index in [9.17, 15) is 9.90 Å². The largest absolute Gasteiger partial charge is 0.384 e. The molecule has 0 amide bonds. The SMILES string of the molecule is C=C1CCc2c(cc3n(c2=O)Cc2c-3nc3ccccc3c2CCN(Cc2ccccc2)C(C)C)C1O. The molecular weight excluding hydrogens is 458 g/mol. The van der Waals surface area contributed by atoms with Crippen molar-refractivity contribution < 1.29 is 5.11 Å². The third-order valence-electron chi connectivity index (χ3n) is 8.09. The molecule has 0 radical (unpaired) electrons. The van der Waals surface area contributed by atoms with Gasteiger partial charge < -0.3 is 9.67 Å². The molecule has 37 heavy (non-hydrogen) atoms. The van der Waals surface area contributed by atoms with E-state index in [2.05, 4.69) is 73.9 Å². The van der Waals surface area contributed by atoms with Crippen LogP contribution in [0.2, 0.25) is 0 Å². The molecule has 0 bridgehead atoms. The van der Waals surface area contributed by atoms with Crippen molar-refractivity contribution in [2.75, 3.05) is 6.54 Å². The zero-order valence-electron chi connectivity index (χ0n) is 21.6. The maximum Gasteiger partial charge on any atom is 0.254 e. The van der Waals surface area contributed by atoms with E-state index in [1.54, 1.807) is 0 Å². The minimum absolute atomic E-state index is 0.0000549. The first-order chi connectivity index (χ1) is 17.9. The third-order valence-corrected chi connectivity index (χ3v) is 8.09. The molecule has 3 heterocycles. The van der Waals surface area contributed by atoms with Gasteiger partial charge in [-0.2, -0.15) is 0 Å². The highest BCUT2D eigenvalue weighted by atomic mass is 16.3. The summed E-state index contributed by atoms with van der Waals surface area (Å²) in [7, 11) is 0. The number of nitrogens with zero attached hydrogens (tertiary/aromatic N) is 3. The number of hydrogen-bond donors (Lipinski definition) is 1. The molecule has 5 nitrogen and oxygen atoms in total. The number of para-hydroxylation sites is 1. The molecule has 1 aliphatic heterocycles. The van der Waals surface area contributed by atoms with Crippen LogP contribution in [0.4, 0.5) is 0 Å². The molecule has 2 aliphatic rings. The van der Waals surface area contributed by atoms with E-state index in [1.807, 2.05) is 16.7 Å². The quantitative estimate of drug-likeness (QED) is 0.323. The van der Waals surface area contributed by atoms with Gasteiger partial charge in [-0.15, -0.1) is 0 Å². The lowest BCUT2D eigenvalue weighted by atomic mass is 9.87. The van der Waals surface area contributed by atoms with Crippen molar-refractivity contribution in [2.24, 2.45) is 0 Å². The predicted molar refractivity (Wildman–Crippen MR) is 149 cm³/mol. The molecule has 0 saturated heterocycles. The summed E-state index contributed by atoms with van der Waals surface area (Å²) in [6.45, 7) is 10.9. The van der Waals surface area contributed by atoms with Crippen molar-refractivity contribution >= 4 is 10.9 Å². The molecule has 1 unspecified atom stereocenters. The smallest absolute Gasteiger partial charge is 0.254 e. The molecule has 0 spiro atoms. The van der Waals surface area contributed by atoms with Crippen molar-refractivity contribution in [1.29, 1.82) is 0 Å². The van der Waals surface area contributed by atoms with Crippen LogP contribution in [0.1, 0.15) is 54.2 Å². The van der Waals surface area contributed by atoms with Crippen LogP contribution < -0.4 is 5.56 Å². The number of hydrogen-bond acceptors (Lipinski definition) is 4. The zero-order chi connectivity index (χ0) is 25.7. The van der Waals surface area contributed by atoms with Gasteiger partial charge in [-0.05, 0) is 67.5 Å². The second kappa shape index (κ2) is 9.40. The van der Waals surface area contributed by atoms with E-state index in [1.165, 1.54) is 11.1 Å². The molecule has 1 atom stereocenters. The Morgan fingerprint density at radius 3 is 2.62 bits per heavy atom. The topological polar surface area (TPSA) is 58.4 Å². The van der Waals surface area contributed by atoms with E-state index in [0.717, 1.165) is 58.5 Å². The van der Waals surface area contributed by atoms with E-state index in [4.69, 9.17) is 4.98 Å². The Kier molecular flexibility index (Phi) is 6.06. The molecule has 1 N–H and O–H groups in total. The first kappa shape index (κ1) is 23.8. The van der Waals surface area contributed by atoms with Crippen LogP contribution in [0.15, 0.2) is 77.6 Å². The second-order valence-corrected chi connectivity index (χ2v) is 10.7. The van der Waals surface area contributed by atoms with E-state index >= 15 is 0 Å². The van der Waals surface area contributed by atoms with Crippen LogP contribution >= 0.6 is 0 Å². The van der Waals surface area contributed by atoms with Gasteiger partial charge in [0, 0.05) is 35.6 Å². The van der Waals surface area contributed by atoms with Crippen LogP contribution in [0.5, 0.6) is 0 Å². The molecule has 1 aliphatic carbocycles. The Labute approximate surface area is 217 Å². The van der Waals surface area contributed by atoms with Gasteiger partial charge in [0.25, 0.3) is 5.56 Å². The van der Waals surface area contributed by atoms with E-state index in [0.29, 0.717) is 31.0 Å². The highest BCUT2D eigenvalue weighted by molar-refractivity contribution is 5.88. The fourth-order valence-electron chi connectivity index (χ4n) is 5.94. The Morgan fingerprint density at radius 1 is 1.08 bits per heavy atom. The average Bonchev–Trinajstić information content (AvgIpc) is 3.27. The number of aliphatic hydroxyl groups is 1. The van der Waals surface area contributed by atoms with Crippen LogP contribution in [-0.4, -0.2) is 32.1 Å². The molecule has 2 aromatic heterocycles. The average molecular weight is 492 g/mol. The summed E-state index contributed by atoms with van der Waals surface area (Å²) in [5, 5.41) is 12.0. The molecule has 6 rings (SSSR count). The number of aromatic nitrogens is 2. The van der Waals surface area contributed by atoms with Gasteiger partial charge in [0.2, 0.25) is 0 Å². The number of fused-ring (bicyclic) bond motifs is 5. The van der Waals surface area contributed by atoms with Crippen LogP contribution in [-0.2, 0) is 25.9 Å². The molecule has 188 valence electrons. The van der Waals surface area contributed by atoms with Crippen LogP contribution in [0.3, 0.4) is 0 Å². The Morgan fingerprint density at radius 2 is 1.84 bits per heavy atom. The van der Waals surface area contributed by atoms with Gasteiger partial charge in [0.1, 0.15) is 6.10 Å². The number of rotatable bonds is 6. The molecular formula is C32H33N3O2. The Hall–Kier alpha value is -3.54. The van der Waals surface area contributed by atoms with Crippen molar-refractivity contribution in [2.45, 2.75) is 58.3 Å². The van der Waals surface area contributed by atoms with Crippen molar-refractivity contribution in [3.8, 4) is 11.4 Å². The summed E-state index contributed by atoms with van der Waals surface area (Å²) >= 11 is 0. The van der Waals surface area contributed by atoms with Gasteiger partial charge in [-0.1, -0.05) is 55.1 Å². The summed E-state index contributed by atoms with van der Waals surface area (Å²) in [4.78, 5) is 21.1. The predicted octanol–water partition coefficient (Wildman–Crippen LogP) is 5.41. The summed E-state index contributed by atoms with van der Waals surface area (Å²) in [5.41, 5.74) is 8.53. The molecule has 0 fully saturated rings. The minimum Gasteiger partial charge on any atom is -0.384 e. The summed E-state index contributed by atoms with van der Waals surface area (Å²) in [5.74, 6) is 0. The molecule has 0 saturated carbocycles. The van der Waals surface area contributed by atoms with Crippen molar-refractivity contribution in [3.05, 3.63) is 111 Å². The van der Waals surface area contributed by atoms with E-state index in [-0.39, 0.29) is 5.56 Å². The van der Waals surface area contributed by atoms with Crippen LogP contribution in [0.25, 0.3) is 22.3 Å². The fraction of sp³-hybridized carbons (Fsp3) is 0.312. The summed E-state index contributed by atoms with van der Waals surface area (Å²) < 4.78 is 1.86. The number of pyridine rings is 2. The van der Waals surface area contributed by atoms with Crippen molar-refractivity contribution in [3.63, 3.8) is 0 Å². The van der Waals surface area contributed by atoms with E-state index < -0.39 is 6.10 Å². The second-order valence-electron chi connectivity index (χ2n) is 10.7. The minimum atomic E-state index is -0.788. The van der Waals surface area contributed by atoms with Crippen molar-refractivity contribution in [1.82, 2.24) is 14.5 Å². The van der Waals surface area contributed by atoms with Crippen LogP contribution in [0, 0.1) is 0 Å². The maximum atomic E-state index is 13.6. The molecule has 5 heteroatoms. The zero-order valence-corrected chi connectivity index (χ0v) is 21.6.